The minimum Gasteiger partial charge on any atom is -0.391 e. The molecular weight excluding hydrogens is 358 g/mol. The largest absolute Gasteiger partial charge is 0.391 e. The summed E-state index contributed by atoms with van der Waals surface area (Å²) in [6.07, 6.45) is 0.872. The van der Waals surface area contributed by atoms with Crippen molar-refractivity contribution in [3.8, 4) is 0 Å². The lowest BCUT2D eigenvalue weighted by Crippen LogP contribution is -2.25. The third-order valence-corrected chi connectivity index (χ3v) is 7.81. The Balaban J connectivity index is 2.62. The van der Waals surface area contributed by atoms with E-state index in [-0.39, 0.29) is 23.9 Å². The van der Waals surface area contributed by atoms with Crippen LogP contribution >= 0.6 is 0 Å². The molecule has 0 aliphatic carbocycles. The molecule has 1 aromatic carbocycles. The van der Waals surface area contributed by atoms with Gasteiger partial charge >= 0.3 is 0 Å². The molecule has 1 unspecified atom stereocenters. The molecule has 4 atom stereocenters. The molecule has 0 aromatic heterocycles. The molecule has 0 radical (unpaired) electrons. The Hall–Kier alpha value is -0.910. The van der Waals surface area contributed by atoms with Crippen LogP contribution in [0.25, 0.3) is 0 Å². The molecule has 1 aliphatic heterocycles. The van der Waals surface area contributed by atoms with Crippen LogP contribution in [0, 0.1) is 0 Å². The van der Waals surface area contributed by atoms with Crippen molar-refractivity contribution in [2.24, 2.45) is 0 Å². The Morgan fingerprint density at radius 2 is 1.48 bits per heavy atom. The van der Waals surface area contributed by atoms with Crippen molar-refractivity contribution in [1.82, 2.24) is 4.31 Å². The number of sulfonamides is 1. The molecular formula is C22H37NO3S. The van der Waals surface area contributed by atoms with Gasteiger partial charge in [0.1, 0.15) is 0 Å². The van der Waals surface area contributed by atoms with Crippen molar-refractivity contribution in [2.45, 2.75) is 109 Å². The summed E-state index contributed by atoms with van der Waals surface area (Å²) >= 11 is 0. The SMILES string of the molecule is CCC[C@H](O)[C@@H]1[C@@H](C)N1S(=O)(=O)c1c(C(C)C)cc(C(C)C)cc1C(C)C. The normalized spacial score (nSPS) is 24.1. The number of aliphatic hydroxyl groups excluding tert-OH is 1. The zero-order valence-electron chi connectivity index (χ0n) is 18.2. The standard InChI is InChI=1S/C22H37NO3S/c1-9-10-20(24)21-16(8)23(21)27(25,26)22-18(14(4)5)11-17(13(2)3)12-19(22)15(6)7/h11-16,20-21,24H,9-10H2,1-8H3/t16-,20+,21+,23?/m1/s1. The first kappa shape index (κ1) is 22.4. The zero-order chi connectivity index (χ0) is 20.7. The van der Waals surface area contributed by atoms with Gasteiger partial charge in [-0.1, -0.05) is 67.0 Å². The van der Waals surface area contributed by atoms with E-state index in [4.69, 9.17) is 0 Å². The van der Waals surface area contributed by atoms with Crippen LogP contribution in [0.15, 0.2) is 17.0 Å². The Morgan fingerprint density at radius 3 is 1.85 bits per heavy atom. The molecule has 1 heterocycles. The Morgan fingerprint density at radius 1 is 1.00 bits per heavy atom. The molecule has 2 rings (SSSR count). The van der Waals surface area contributed by atoms with Gasteiger partial charge in [-0.2, -0.15) is 4.31 Å². The maximum absolute atomic E-state index is 13.7. The summed E-state index contributed by atoms with van der Waals surface area (Å²) in [6.45, 7) is 16.4. The summed E-state index contributed by atoms with van der Waals surface area (Å²) < 4.78 is 28.9. The molecule has 0 bridgehead atoms. The summed E-state index contributed by atoms with van der Waals surface area (Å²) in [6, 6.07) is 3.68. The summed E-state index contributed by atoms with van der Waals surface area (Å²) in [5.74, 6) is 0.566. The van der Waals surface area contributed by atoms with E-state index in [1.165, 1.54) is 9.87 Å². The third kappa shape index (κ3) is 4.25. The lowest BCUT2D eigenvalue weighted by molar-refractivity contribution is 0.153. The van der Waals surface area contributed by atoms with E-state index >= 15 is 0 Å². The number of rotatable bonds is 8. The average molecular weight is 396 g/mol. The van der Waals surface area contributed by atoms with E-state index < -0.39 is 16.1 Å². The Bertz CT molecular complexity index is 739. The second kappa shape index (κ2) is 8.22. The van der Waals surface area contributed by atoms with Gasteiger partial charge in [-0.3, -0.25) is 0 Å². The third-order valence-electron chi connectivity index (χ3n) is 5.69. The zero-order valence-corrected chi connectivity index (χ0v) is 19.0. The maximum atomic E-state index is 13.7. The molecule has 27 heavy (non-hydrogen) atoms. The van der Waals surface area contributed by atoms with Crippen molar-refractivity contribution in [1.29, 1.82) is 0 Å². The minimum absolute atomic E-state index is 0.111. The van der Waals surface area contributed by atoms with Crippen molar-refractivity contribution < 1.29 is 13.5 Å². The topological polar surface area (TPSA) is 57.4 Å². The van der Waals surface area contributed by atoms with Gasteiger partial charge in [0.25, 0.3) is 0 Å². The molecule has 5 heteroatoms. The first-order valence-electron chi connectivity index (χ1n) is 10.3. The van der Waals surface area contributed by atoms with Crippen LogP contribution in [0.3, 0.4) is 0 Å². The van der Waals surface area contributed by atoms with Gasteiger partial charge in [-0.05, 0) is 47.8 Å². The predicted molar refractivity (Wildman–Crippen MR) is 112 cm³/mol. The van der Waals surface area contributed by atoms with Crippen LogP contribution in [-0.2, 0) is 10.0 Å². The highest BCUT2D eigenvalue weighted by molar-refractivity contribution is 7.89. The first-order chi connectivity index (χ1) is 12.4. The van der Waals surface area contributed by atoms with Crippen LogP contribution in [0.5, 0.6) is 0 Å². The number of hydrogen-bond acceptors (Lipinski definition) is 3. The van der Waals surface area contributed by atoms with Gasteiger partial charge in [0.2, 0.25) is 10.0 Å². The van der Waals surface area contributed by atoms with Gasteiger partial charge in [0, 0.05) is 6.04 Å². The van der Waals surface area contributed by atoms with E-state index in [0.29, 0.717) is 17.2 Å². The molecule has 154 valence electrons. The van der Waals surface area contributed by atoms with Gasteiger partial charge < -0.3 is 5.11 Å². The molecule has 1 fully saturated rings. The lowest BCUT2D eigenvalue weighted by atomic mass is 9.89. The van der Waals surface area contributed by atoms with Crippen molar-refractivity contribution in [2.75, 3.05) is 0 Å². The highest BCUT2D eigenvalue weighted by Crippen LogP contribution is 2.43. The fourth-order valence-electron chi connectivity index (χ4n) is 3.97. The Kier molecular flexibility index (Phi) is 6.81. The quantitative estimate of drug-likeness (QED) is 0.632. The molecule has 0 spiro atoms. The van der Waals surface area contributed by atoms with Crippen LogP contribution in [0.2, 0.25) is 0 Å². The fraction of sp³-hybridized carbons (Fsp3) is 0.727. The molecule has 4 nitrogen and oxygen atoms in total. The van der Waals surface area contributed by atoms with Crippen LogP contribution in [-0.4, -0.2) is 36.0 Å². The summed E-state index contributed by atoms with van der Waals surface area (Å²) in [5.41, 5.74) is 2.98. The number of aliphatic hydroxyl groups is 1. The van der Waals surface area contributed by atoms with E-state index in [0.717, 1.165) is 17.5 Å². The number of nitrogens with zero attached hydrogens (tertiary/aromatic N) is 1. The molecule has 1 saturated heterocycles. The van der Waals surface area contributed by atoms with Crippen LogP contribution in [0.4, 0.5) is 0 Å². The lowest BCUT2D eigenvalue weighted by Gasteiger charge is -2.23. The predicted octanol–water partition coefficient (Wildman–Crippen LogP) is 4.98. The maximum Gasteiger partial charge on any atom is 0.244 e. The smallest absolute Gasteiger partial charge is 0.244 e. The Labute approximate surface area is 166 Å². The van der Waals surface area contributed by atoms with Gasteiger partial charge in [-0.25, -0.2) is 8.42 Å². The van der Waals surface area contributed by atoms with Crippen molar-refractivity contribution in [3.05, 3.63) is 28.8 Å². The summed E-state index contributed by atoms with van der Waals surface area (Å²) in [5, 5.41) is 10.4. The molecule has 0 amide bonds. The van der Waals surface area contributed by atoms with Crippen LogP contribution < -0.4 is 0 Å². The molecule has 0 saturated carbocycles. The first-order valence-corrected chi connectivity index (χ1v) is 11.8. The second-order valence-electron chi connectivity index (χ2n) is 8.91. The summed E-state index contributed by atoms with van der Waals surface area (Å²) in [4.78, 5) is 0.468. The second-order valence-corrected chi connectivity index (χ2v) is 10.7. The monoisotopic (exact) mass is 395 g/mol. The van der Waals surface area contributed by atoms with E-state index in [1.807, 2.05) is 13.8 Å². The number of hydrogen-bond donors (Lipinski definition) is 1. The number of benzene rings is 1. The minimum atomic E-state index is -3.65. The average Bonchev–Trinajstić information content (AvgIpc) is 3.25. The van der Waals surface area contributed by atoms with Gasteiger partial charge in [-0.15, -0.1) is 0 Å². The highest BCUT2D eigenvalue weighted by atomic mass is 32.2. The molecule has 1 aromatic rings. The summed E-state index contributed by atoms with van der Waals surface area (Å²) in [7, 11) is -3.65. The van der Waals surface area contributed by atoms with Crippen molar-refractivity contribution in [3.63, 3.8) is 0 Å². The molecule has 1 aliphatic rings. The van der Waals surface area contributed by atoms with E-state index in [1.54, 1.807) is 0 Å². The fourth-order valence-corrected chi connectivity index (χ4v) is 6.52. The van der Waals surface area contributed by atoms with Gasteiger partial charge in [0.05, 0.1) is 17.0 Å². The van der Waals surface area contributed by atoms with Crippen molar-refractivity contribution >= 4 is 10.0 Å². The van der Waals surface area contributed by atoms with E-state index in [2.05, 4.69) is 53.7 Å². The molecule has 1 N–H and O–H groups in total. The van der Waals surface area contributed by atoms with E-state index in [9.17, 15) is 13.5 Å². The highest BCUT2D eigenvalue weighted by Gasteiger charge is 2.56. The van der Waals surface area contributed by atoms with Crippen LogP contribution in [0.1, 0.15) is 103 Å². The van der Waals surface area contributed by atoms with Gasteiger partial charge in [0.15, 0.2) is 0 Å².